The van der Waals surface area contributed by atoms with E-state index in [4.69, 9.17) is 11.6 Å². The molecule has 1 fully saturated rings. The molecule has 3 unspecified atom stereocenters. The van der Waals surface area contributed by atoms with Crippen LogP contribution in [-0.4, -0.2) is 18.6 Å². The highest BCUT2D eigenvalue weighted by molar-refractivity contribution is 6.31. The molecule has 3 atom stereocenters. The Morgan fingerprint density at radius 3 is 2.94 bits per heavy atom. The average Bonchev–Trinajstić information content (AvgIpc) is 2.36. The molecule has 1 aromatic rings. The Kier molecular flexibility index (Phi) is 5.02. The van der Waals surface area contributed by atoms with Crippen molar-refractivity contribution in [3.05, 3.63) is 29.0 Å². The first-order valence-electron chi connectivity index (χ1n) is 6.93. The van der Waals surface area contributed by atoms with Gasteiger partial charge in [-0.3, -0.25) is 4.98 Å². The van der Waals surface area contributed by atoms with Gasteiger partial charge in [-0.2, -0.15) is 0 Å². The van der Waals surface area contributed by atoms with Gasteiger partial charge < -0.3 is 5.32 Å². The lowest BCUT2D eigenvalue weighted by Crippen LogP contribution is -2.32. The fraction of sp³-hybridized carbons (Fsp3) is 0.667. The second kappa shape index (κ2) is 6.53. The first-order chi connectivity index (χ1) is 8.70. The smallest absolute Gasteiger partial charge is 0.0621 e. The van der Waals surface area contributed by atoms with Crippen molar-refractivity contribution in [2.24, 2.45) is 17.8 Å². The largest absolute Gasteiger partial charge is 0.319 e. The zero-order valence-corrected chi connectivity index (χ0v) is 12.1. The summed E-state index contributed by atoms with van der Waals surface area (Å²) < 4.78 is 0. The molecule has 2 nitrogen and oxygen atoms in total. The molecule has 1 aromatic heterocycles. The van der Waals surface area contributed by atoms with E-state index in [1.54, 1.807) is 6.20 Å². The summed E-state index contributed by atoms with van der Waals surface area (Å²) in [5, 5.41) is 4.16. The quantitative estimate of drug-likeness (QED) is 0.902. The summed E-state index contributed by atoms with van der Waals surface area (Å²) in [4.78, 5) is 4.06. The third-order valence-corrected chi connectivity index (χ3v) is 4.55. The molecule has 1 aliphatic carbocycles. The molecule has 3 heteroatoms. The van der Waals surface area contributed by atoms with Crippen LogP contribution in [0.1, 0.15) is 31.7 Å². The van der Waals surface area contributed by atoms with Gasteiger partial charge in [0, 0.05) is 12.4 Å². The Balaban J connectivity index is 2.06. The van der Waals surface area contributed by atoms with Gasteiger partial charge in [-0.15, -0.1) is 0 Å². The van der Waals surface area contributed by atoms with Gasteiger partial charge in [0.1, 0.15) is 0 Å². The van der Waals surface area contributed by atoms with Crippen molar-refractivity contribution in [1.29, 1.82) is 0 Å². The zero-order valence-electron chi connectivity index (χ0n) is 11.3. The molecule has 1 heterocycles. The molecule has 1 aliphatic rings. The Bertz CT molecular complexity index is 381. The number of nitrogens with one attached hydrogen (secondary N) is 1. The summed E-state index contributed by atoms with van der Waals surface area (Å²) >= 11 is 6.23. The monoisotopic (exact) mass is 266 g/mol. The maximum Gasteiger partial charge on any atom is 0.0621 e. The van der Waals surface area contributed by atoms with Crippen molar-refractivity contribution < 1.29 is 0 Å². The normalized spacial score (nSPS) is 28.3. The van der Waals surface area contributed by atoms with Crippen LogP contribution in [0.2, 0.25) is 5.02 Å². The van der Waals surface area contributed by atoms with Gasteiger partial charge in [-0.1, -0.05) is 24.9 Å². The molecule has 0 bridgehead atoms. The first-order valence-corrected chi connectivity index (χ1v) is 7.31. The van der Waals surface area contributed by atoms with Gasteiger partial charge >= 0.3 is 0 Å². The lowest BCUT2D eigenvalue weighted by Gasteiger charge is -2.35. The minimum Gasteiger partial charge on any atom is -0.319 e. The number of pyridine rings is 1. The Morgan fingerprint density at radius 2 is 2.22 bits per heavy atom. The predicted molar refractivity (Wildman–Crippen MR) is 76.9 cm³/mol. The molecule has 0 radical (unpaired) electrons. The number of rotatable bonds is 4. The van der Waals surface area contributed by atoms with Crippen LogP contribution in [0.5, 0.6) is 0 Å². The molecule has 0 aromatic carbocycles. The second-order valence-corrected chi connectivity index (χ2v) is 6.07. The number of halogens is 1. The van der Waals surface area contributed by atoms with Crippen molar-refractivity contribution >= 4 is 11.6 Å². The van der Waals surface area contributed by atoms with Gasteiger partial charge in [0.2, 0.25) is 0 Å². The average molecular weight is 267 g/mol. The van der Waals surface area contributed by atoms with E-state index < -0.39 is 0 Å². The molecule has 2 rings (SSSR count). The third kappa shape index (κ3) is 3.46. The highest BCUT2D eigenvalue weighted by atomic mass is 35.5. The van der Waals surface area contributed by atoms with Crippen molar-refractivity contribution in [3.8, 4) is 0 Å². The van der Waals surface area contributed by atoms with E-state index in [9.17, 15) is 0 Å². The molecule has 0 spiro atoms. The molecule has 100 valence electrons. The van der Waals surface area contributed by atoms with Crippen LogP contribution < -0.4 is 5.32 Å². The van der Waals surface area contributed by atoms with Crippen LogP contribution in [0.25, 0.3) is 0 Å². The lowest BCUT2D eigenvalue weighted by atomic mass is 9.72. The van der Waals surface area contributed by atoms with E-state index in [-0.39, 0.29) is 0 Å². The number of hydrogen-bond acceptors (Lipinski definition) is 2. The Morgan fingerprint density at radius 1 is 1.39 bits per heavy atom. The maximum atomic E-state index is 6.23. The Labute approximate surface area is 115 Å². The SMILES string of the molecule is CNCC1CCC(C)CC1Cc1ccncc1Cl. The summed E-state index contributed by atoms with van der Waals surface area (Å²) in [5.41, 5.74) is 1.26. The molecular formula is C15H23ClN2. The predicted octanol–water partition coefficient (Wildman–Crippen LogP) is 3.55. The molecule has 0 aliphatic heterocycles. The van der Waals surface area contributed by atoms with Crippen LogP contribution in [0.4, 0.5) is 0 Å². The van der Waals surface area contributed by atoms with E-state index in [0.29, 0.717) is 0 Å². The Hall–Kier alpha value is -0.600. The minimum atomic E-state index is 0.751. The molecule has 1 N–H and O–H groups in total. The minimum absolute atomic E-state index is 0.751. The van der Waals surface area contributed by atoms with Crippen LogP contribution in [-0.2, 0) is 6.42 Å². The highest BCUT2D eigenvalue weighted by Gasteiger charge is 2.28. The summed E-state index contributed by atoms with van der Waals surface area (Å²) in [6.45, 7) is 3.50. The molecule has 18 heavy (non-hydrogen) atoms. The highest BCUT2D eigenvalue weighted by Crippen LogP contribution is 2.36. The summed E-state index contributed by atoms with van der Waals surface area (Å²) in [6, 6.07) is 2.07. The fourth-order valence-corrected chi connectivity index (χ4v) is 3.39. The van der Waals surface area contributed by atoms with Crippen LogP contribution in [0, 0.1) is 17.8 Å². The zero-order chi connectivity index (χ0) is 13.0. The maximum absolute atomic E-state index is 6.23. The van der Waals surface area contributed by atoms with Gasteiger partial charge in [-0.05, 0) is 62.2 Å². The van der Waals surface area contributed by atoms with E-state index >= 15 is 0 Å². The van der Waals surface area contributed by atoms with Crippen molar-refractivity contribution in [3.63, 3.8) is 0 Å². The molecule has 1 saturated carbocycles. The third-order valence-electron chi connectivity index (χ3n) is 4.21. The van der Waals surface area contributed by atoms with Crippen molar-refractivity contribution in [1.82, 2.24) is 10.3 Å². The van der Waals surface area contributed by atoms with Gasteiger partial charge in [0.05, 0.1) is 5.02 Å². The van der Waals surface area contributed by atoms with Crippen LogP contribution in [0.3, 0.4) is 0 Å². The number of nitrogens with zero attached hydrogens (tertiary/aromatic N) is 1. The van der Waals surface area contributed by atoms with E-state index in [1.807, 2.05) is 6.20 Å². The lowest BCUT2D eigenvalue weighted by molar-refractivity contribution is 0.186. The standard InChI is InChI=1S/C15H23ClN2/c1-11-3-4-13(9-17-2)14(7-11)8-12-5-6-18-10-15(12)16/h5-6,10-11,13-14,17H,3-4,7-9H2,1-2H3. The number of aromatic nitrogens is 1. The molecule has 0 amide bonds. The van der Waals surface area contributed by atoms with Gasteiger partial charge in [0.25, 0.3) is 0 Å². The van der Waals surface area contributed by atoms with E-state index in [1.165, 1.54) is 24.8 Å². The summed E-state index contributed by atoms with van der Waals surface area (Å²) in [6.07, 6.45) is 8.74. The second-order valence-electron chi connectivity index (χ2n) is 5.67. The fourth-order valence-electron chi connectivity index (χ4n) is 3.19. The van der Waals surface area contributed by atoms with Gasteiger partial charge in [0.15, 0.2) is 0 Å². The van der Waals surface area contributed by atoms with Gasteiger partial charge in [-0.25, -0.2) is 0 Å². The first kappa shape index (κ1) is 13.8. The van der Waals surface area contributed by atoms with Crippen LogP contribution >= 0.6 is 11.6 Å². The molecule has 0 saturated heterocycles. The van der Waals surface area contributed by atoms with Crippen molar-refractivity contribution in [2.45, 2.75) is 32.6 Å². The summed E-state index contributed by atoms with van der Waals surface area (Å²) in [5.74, 6) is 2.39. The molecular weight excluding hydrogens is 244 g/mol. The van der Waals surface area contributed by atoms with Crippen molar-refractivity contribution in [2.75, 3.05) is 13.6 Å². The van der Waals surface area contributed by atoms with E-state index in [0.717, 1.165) is 35.7 Å². The van der Waals surface area contributed by atoms with Crippen LogP contribution in [0.15, 0.2) is 18.5 Å². The topological polar surface area (TPSA) is 24.9 Å². The number of hydrogen-bond donors (Lipinski definition) is 1. The summed E-state index contributed by atoms with van der Waals surface area (Å²) in [7, 11) is 2.05. The van der Waals surface area contributed by atoms with E-state index in [2.05, 4.69) is 30.3 Å².